The maximum Gasteiger partial charge on any atom is 0.141 e. The lowest BCUT2D eigenvalue weighted by Crippen LogP contribution is -2.32. The number of allylic oxidation sites excluding steroid dienone is 2. The largest absolute Gasteiger partial charge is 0.299 e. The molecule has 0 radical (unpaired) electrons. The van der Waals surface area contributed by atoms with E-state index in [9.17, 15) is 9.18 Å². The van der Waals surface area contributed by atoms with Gasteiger partial charge < -0.3 is 0 Å². The average molecular weight is 266 g/mol. The molecule has 0 aromatic heterocycles. The summed E-state index contributed by atoms with van der Waals surface area (Å²) in [6.45, 7) is 0. The van der Waals surface area contributed by atoms with Crippen LogP contribution in [0.5, 0.6) is 0 Å². The van der Waals surface area contributed by atoms with Gasteiger partial charge in [-0.2, -0.15) is 0 Å². The van der Waals surface area contributed by atoms with E-state index in [1.807, 2.05) is 42.5 Å². The zero-order valence-electron chi connectivity index (χ0n) is 11.1. The highest BCUT2D eigenvalue weighted by molar-refractivity contribution is 5.98. The van der Waals surface area contributed by atoms with Gasteiger partial charge in [-0.05, 0) is 35.2 Å². The summed E-state index contributed by atoms with van der Waals surface area (Å²) in [7, 11) is 0. The Kier molecular flexibility index (Phi) is 2.53. The number of rotatable bonds is 1. The standard InChI is InChI=1S/C18H15FO/c19-18-14-7-8-15(16(20)10-14)17(18)13-6-5-11-3-1-2-4-12(11)9-13/h1-6,9,14-15H,7-8,10H2/t14-,15+/m1/s1. The Morgan fingerprint density at radius 2 is 1.80 bits per heavy atom. The van der Waals surface area contributed by atoms with E-state index in [0.29, 0.717) is 12.0 Å². The smallest absolute Gasteiger partial charge is 0.141 e. The van der Waals surface area contributed by atoms with Gasteiger partial charge in [0.25, 0.3) is 0 Å². The molecule has 0 spiro atoms. The summed E-state index contributed by atoms with van der Waals surface area (Å²) < 4.78 is 14.5. The fourth-order valence-corrected chi connectivity index (χ4v) is 3.62. The number of hydrogen-bond acceptors (Lipinski definition) is 1. The van der Waals surface area contributed by atoms with Gasteiger partial charge in [-0.25, -0.2) is 4.39 Å². The Bertz CT molecular complexity index is 744. The molecule has 0 amide bonds. The predicted molar refractivity (Wildman–Crippen MR) is 77.8 cm³/mol. The molecule has 2 aromatic rings. The number of fused-ring (bicyclic) bond motifs is 3. The minimum Gasteiger partial charge on any atom is -0.299 e. The molecule has 2 bridgehead atoms. The molecular formula is C18H15FO. The van der Waals surface area contributed by atoms with Crippen molar-refractivity contribution in [2.45, 2.75) is 19.3 Å². The van der Waals surface area contributed by atoms with Gasteiger partial charge in [0.15, 0.2) is 0 Å². The summed E-state index contributed by atoms with van der Waals surface area (Å²) in [4.78, 5) is 12.0. The molecule has 5 rings (SSSR count). The molecule has 0 N–H and O–H groups in total. The quantitative estimate of drug-likeness (QED) is 0.741. The van der Waals surface area contributed by atoms with Crippen molar-refractivity contribution in [3.63, 3.8) is 0 Å². The van der Waals surface area contributed by atoms with Crippen LogP contribution in [0.1, 0.15) is 24.8 Å². The summed E-state index contributed by atoms with van der Waals surface area (Å²) in [6.07, 6.45) is 2.02. The predicted octanol–water partition coefficient (Wildman–Crippen LogP) is 4.52. The summed E-state index contributed by atoms with van der Waals surface area (Å²) in [5, 5.41) is 2.24. The molecule has 1 fully saturated rings. The third kappa shape index (κ3) is 1.64. The minimum absolute atomic E-state index is 0.0452. The second-order valence-electron chi connectivity index (χ2n) is 5.82. The third-order valence-electron chi connectivity index (χ3n) is 4.66. The molecule has 20 heavy (non-hydrogen) atoms. The maximum atomic E-state index is 14.5. The minimum atomic E-state index is -0.221. The highest BCUT2D eigenvalue weighted by atomic mass is 19.1. The molecule has 2 atom stereocenters. The average Bonchev–Trinajstić information content (AvgIpc) is 2.48. The number of carbonyl (C=O) groups is 1. The van der Waals surface area contributed by atoms with Crippen molar-refractivity contribution in [3.8, 4) is 0 Å². The van der Waals surface area contributed by atoms with E-state index in [1.54, 1.807) is 0 Å². The topological polar surface area (TPSA) is 17.1 Å². The van der Waals surface area contributed by atoms with Crippen molar-refractivity contribution in [1.82, 2.24) is 0 Å². The molecule has 1 nitrogen and oxygen atoms in total. The number of ketones is 1. The van der Waals surface area contributed by atoms with Crippen molar-refractivity contribution in [2.75, 3.05) is 0 Å². The second kappa shape index (κ2) is 4.27. The monoisotopic (exact) mass is 266 g/mol. The highest BCUT2D eigenvalue weighted by Crippen LogP contribution is 2.48. The SMILES string of the molecule is O=C1C[C@H]2CC[C@@H]1C(c1ccc3ccccc3c1)=C2F. The van der Waals surface area contributed by atoms with E-state index in [0.717, 1.165) is 29.2 Å². The molecule has 100 valence electrons. The molecule has 2 aromatic carbocycles. The molecule has 0 unspecified atom stereocenters. The highest BCUT2D eigenvalue weighted by Gasteiger charge is 2.41. The Balaban J connectivity index is 1.90. The van der Waals surface area contributed by atoms with Gasteiger partial charge in [0, 0.05) is 23.8 Å². The van der Waals surface area contributed by atoms with Crippen molar-refractivity contribution in [3.05, 3.63) is 53.9 Å². The first-order valence-corrected chi connectivity index (χ1v) is 7.15. The van der Waals surface area contributed by atoms with Gasteiger partial charge in [0.2, 0.25) is 0 Å². The lowest BCUT2D eigenvalue weighted by Gasteiger charge is -2.36. The summed E-state index contributed by atoms with van der Waals surface area (Å²) in [5.74, 6) is -0.225. The molecule has 1 saturated carbocycles. The molecule has 3 aliphatic carbocycles. The van der Waals surface area contributed by atoms with Gasteiger partial charge >= 0.3 is 0 Å². The number of Topliss-reactive ketones (excluding diaryl/α,β-unsaturated/α-hetero) is 1. The van der Waals surface area contributed by atoms with Crippen molar-refractivity contribution < 1.29 is 9.18 Å². The van der Waals surface area contributed by atoms with E-state index in [-0.39, 0.29) is 23.4 Å². The van der Waals surface area contributed by atoms with Gasteiger partial charge in [0.05, 0.1) is 0 Å². The summed E-state index contributed by atoms with van der Waals surface area (Å²) in [5.41, 5.74) is 1.53. The van der Waals surface area contributed by atoms with Crippen LogP contribution in [0.25, 0.3) is 16.3 Å². The fraction of sp³-hybridized carbons (Fsp3) is 0.278. The van der Waals surface area contributed by atoms with E-state index >= 15 is 0 Å². The van der Waals surface area contributed by atoms with E-state index in [1.165, 1.54) is 0 Å². The molecule has 3 aliphatic rings. The Morgan fingerprint density at radius 1 is 1.00 bits per heavy atom. The van der Waals surface area contributed by atoms with Crippen LogP contribution in [0, 0.1) is 11.8 Å². The lowest BCUT2D eigenvalue weighted by atomic mass is 9.68. The first kappa shape index (κ1) is 11.8. The Morgan fingerprint density at radius 3 is 2.60 bits per heavy atom. The maximum absolute atomic E-state index is 14.5. The van der Waals surface area contributed by atoms with Crippen LogP contribution in [0.3, 0.4) is 0 Å². The lowest BCUT2D eigenvalue weighted by molar-refractivity contribution is -0.124. The zero-order chi connectivity index (χ0) is 13.7. The van der Waals surface area contributed by atoms with Gasteiger partial charge in [-0.3, -0.25) is 4.79 Å². The molecule has 0 saturated heterocycles. The number of hydrogen-bond donors (Lipinski definition) is 0. The van der Waals surface area contributed by atoms with Gasteiger partial charge in [0.1, 0.15) is 11.6 Å². The van der Waals surface area contributed by atoms with Crippen molar-refractivity contribution in [2.24, 2.45) is 11.8 Å². The first-order chi connectivity index (χ1) is 9.74. The van der Waals surface area contributed by atoms with Crippen LogP contribution in [-0.4, -0.2) is 5.78 Å². The van der Waals surface area contributed by atoms with Crippen LogP contribution in [0.2, 0.25) is 0 Å². The van der Waals surface area contributed by atoms with Crippen LogP contribution < -0.4 is 0 Å². The molecule has 2 heteroatoms. The Labute approximate surface area is 117 Å². The van der Waals surface area contributed by atoms with Crippen LogP contribution in [0.4, 0.5) is 4.39 Å². The number of benzene rings is 2. The molecule has 0 aliphatic heterocycles. The molecular weight excluding hydrogens is 251 g/mol. The summed E-state index contributed by atoms with van der Waals surface area (Å²) >= 11 is 0. The second-order valence-corrected chi connectivity index (χ2v) is 5.82. The van der Waals surface area contributed by atoms with E-state index in [4.69, 9.17) is 0 Å². The zero-order valence-corrected chi connectivity index (χ0v) is 11.1. The van der Waals surface area contributed by atoms with Crippen LogP contribution in [0.15, 0.2) is 48.3 Å². The Hall–Kier alpha value is -1.96. The normalized spacial score (nSPS) is 25.6. The third-order valence-corrected chi connectivity index (χ3v) is 4.66. The van der Waals surface area contributed by atoms with E-state index in [2.05, 4.69) is 0 Å². The van der Waals surface area contributed by atoms with Crippen molar-refractivity contribution >= 4 is 22.1 Å². The first-order valence-electron chi connectivity index (χ1n) is 7.15. The van der Waals surface area contributed by atoms with Crippen LogP contribution in [-0.2, 0) is 4.79 Å². The van der Waals surface area contributed by atoms with E-state index < -0.39 is 0 Å². The fourth-order valence-electron chi connectivity index (χ4n) is 3.62. The number of carbonyl (C=O) groups excluding carboxylic acids is 1. The van der Waals surface area contributed by atoms with Crippen LogP contribution >= 0.6 is 0 Å². The van der Waals surface area contributed by atoms with Gasteiger partial charge in [-0.1, -0.05) is 36.4 Å². The summed E-state index contributed by atoms with van der Waals surface area (Å²) in [6, 6.07) is 14.0. The van der Waals surface area contributed by atoms with Crippen molar-refractivity contribution in [1.29, 1.82) is 0 Å². The molecule has 0 heterocycles. The van der Waals surface area contributed by atoms with Gasteiger partial charge in [-0.15, -0.1) is 0 Å². The number of halogens is 1.